The highest BCUT2D eigenvalue weighted by Gasteiger charge is 2.26. The number of hydrogen-bond acceptors (Lipinski definition) is 4. The van der Waals surface area contributed by atoms with E-state index in [9.17, 15) is 9.59 Å². The molecule has 150 valence electrons. The quantitative estimate of drug-likeness (QED) is 0.626. The van der Waals surface area contributed by atoms with Crippen LogP contribution in [0, 0.1) is 0 Å². The molecular formula is C22H23N3O2S2. The molecule has 1 aliphatic rings. The zero-order valence-electron chi connectivity index (χ0n) is 16.2. The predicted octanol–water partition coefficient (Wildman–Crippen LogP) is 4.64. The lowest BCUT2D eigenvalue weighted by Crippen LogP contribution is -2.43. The van der Waals surface area contributed by atoms with Crippen molar-refractivity contribution in [3.05, 3.63) is 65.0 Å². The second-order valence-corrected chi connectivity index (χ2v) is 8.87. The van der Waals surface area contributed by atoms with E-state index in [4.69, 9.17) is 0 Å². The minimum Gasteiger partial charge on any atom is -0.347 e. The normalized spacial score (nSPS) is 14.5. The molecule has 0 radical (unpaired) electrons. The number of thiophene rings is 1. The van der Waals surface area contributed by atoms with Crippen molar-refractivity contribution in [2.75, 3.05) is 17.2 Å². The number of hydrogen-bond donors (Lipinski definition) is 1. The van der Waals surface area contributed by atoms with E-state index >= 15 is 0 Å². The monoisotopic (exact) mass is 425 g/mol. The summed E-state index contributed by atoms with van der Waals surface area (Å²) in [6.45, 7) is 2.12. The summed E-state index contributed by atoms with van der Waals surface area (Å²) in [5.41, 5.74) is 1.66. The second-order valence-electron chi connectivity index (χ2n) is 6.90. The van der Waals surface area contributed by atoms with E-state index in [1.165, 1.54) is 11.8 Å². The zero-order chi connectivity index (χ0) is 20.2. The summed E-state index contributed by atoms with van der Waals surface area (Å²) in [7, 11) is 0. The number of amides is 2. The number of rotatable bonds is 6. The van der Waals surface area contributed by atoms with Crippen LogP contribution in [-0.4, -0.2) is 28.7 Å². The molecule has 0 fully saturated rings. The largest absolute Gasteiger partial charge is 0.347 e. The Kier molecular flexibility index (Phi) is 6.06. The van der Waals surface area contributed by atoms with E-state index in [1.54, 1.807) is 16.2 Å². The van der Waals surface area contributed by atoms with E-state index in [0.717, 1.165) is 34.1 Å². The summed E-state index contributed by atoms with van der Waals surface area (Å²) in [6.07, 6.45) is 3.84. The number of para-hydroxylation sites is 2. The molecule has 3 heterocycles. The van der Waals surface area contributed by atoms with Crippen LogP contribution in [0.4, 0.5) is 5.69 Å². The van der Waals surface area contributed by atoms with Crippen LogP contribution in [0.25, 0.3) is 5.69 Å². The lowest BCUT2D eigenvalue weighted by atomic mass is 10.1. The van der Waals surface area contributed by atoms with Crippen LogP contribution < -0.4 is 10.2 Å². The van der Waals surface area contributed by atoms with Crippen molar-refractivity contribution < 1.29 is 9.59 Å². The molecule has 3 aromatic rings. The summed E-state index contributed by atoms with van der Waals surface area (Å²) in [4.78, 5) is 28.6. The van der Waals surface area contributed by atoms with Crippen LogP contribution in [-0.2, 0) is 9.59 Å². The maximum atomic E-state index is 13.0. The van der Waals surface area contributed by atoms with Gasteiger partial charge in [0.25, 0.3) is 0 Å². The first-order valence-corrected chi connectivity index (χ1v) is 11.6. The summed E-state index contributed by atoms with van der Waals surface area (Å²) >= 11 is 3.14. The molecule has 1 N–H and O–H groups in total. The van der Waals surface area contributed by atoms with Crippen molar-refractivity contribution in [3.8, 4) is 5.69 Å². The smallest absolute Gasteiger partial charge is 0.240 e. The fourth-order valence-corrected chi connectivity index (χ4v) is 5.26. The van der Waals surface area contributed by atoms with Crippen LogP contribution in [0.15, 0.2) is 65.1 Å². The average Bonchev–Trinajstić information content (AvgIpc) is 3.41. The van der Waals surface area contributed by atoms with Gasteiger partial charge in [0, 0.05) is 11.1 Å². The van der Waals surface area contributed by atoms with Gasteiger partial charge in [-0.1, -0.05) is 43.3 Å². The van der Waals surface area contributed by atoms with Gasteiger partial charge in [0.05, 0.1) is 28.2 Å². The third-order valence-electron chi connectivity index (χ3n) is 4.89. The molecule has 0 saturated heterocycles. The Bertz CT molecular complexity index is 997. The minimum absolute atomic E-state index is 0.0125. The van der Waals surface area contributed by atoms with Crippen LogP contribution in [0.1, 0.15) is 30.7 Å². The Morgan fingerprint density at radius 3 is 2.72 bits per heavy atom. The molecule has 1 aliphatic heterocycles. The molecule has 2 amide bonds. The van der Waals surface area contributed by atoms with Gasteiger partial charge in [-0.15, -0.1) is 11.3 Å². The van der Waals surface area contributed by atoms with Crippen molar-refractivity contribution in [2.24, 2.45) is 0 Å². The Morgan fingerprint density at radius 2 is 1.97 bits per heavy atom. The van der Waals surface area contributed by atoms with Crippen molar-refractivity contribution in [2.45, 2.75) is 30.8 Å². The summed E-state index contributed by atoms with van der Waals surface area (Å²) in [5, 5.41) is 6.18. The van der Waals surface area contributed by atoms with E-state index in [-0.39, 0.29) is 24.4 Å². The lowest BCUT2D eigenvalue weighted by molar-refractivity contribution is -0.123. The van der Waals surface area contributed by atoms with E-state index in [2.05, 4.69) is 16.8 Å². The maximum Gasteiger partial charge on any atom is 0.240 e. The standard InChI is InChI=1S/C22H23N3O2S2/c1-2-7-16(19-10-6-13-28-19)23-20(26)14-25-18-9-4-3-8-17(18)24-12-5-11-22(24)29-15-21(25)27/h3-6,8-13,16H,2,7,14-15H2,1H3,(H,23,26)/t16-/m1/s1. The number of benzene rings is 1. The van der Waals surface area contributed by atoms with E-state index in [1.807, 2.05) is 60.1 Å². The van der Waals surface area contributed by atoms with Crippen molar-refractivity contribution in [3.63, 3.8) is 0 Å². The number of fused-ring (bicyclic) bond motifs is 3. The van der Waals surface area contributed by atoms with E-state index in [0.29, 0.717) is 5.75 Å². The molecule has 0 unspecified atom stereocenters. The summed E-state index contributed by atoms with van der Waals surface area (Å²) in [5.74, 6) is 0.0982. The summed E-state index contributed by atoms with van der Waals surface area (Å²) < 4.78 is 2.07. The first-order valence-electron chi connectivity index (χ1n) is 9.70. The molecule has 4 rings (SSSR count). The first kappa shape index (κ1) is 19.8. The zero-order valence-corrected chi connectivity index (χ0v) is 17.8. The van der Waals surface area contributed by atoms with Crippen LogP contribution in [0.5, 0.6) is 0 Å². The van der Waals surface area contributed by atoms with Crippen molar-refractivity contribution >= 4 is 40.6 Å². The molecule has 5 nitrogen and oxygen atoms in total. The van der Waals surface area contributed by atoms with Gasteiger partial charge in [-0.25, -0.2) is 0 Å². The van der Waals surface area contributed by atoms with Gasteiger partial charge in [0.15, 0.2) is 0 Å². The average molecular weight is 426 g/mol. The number of carbonyl (C=O) groups is 2. The predicted molar refractivity (Wildman–Crippen MR) is 119 cm³/mol. The highest BCUT2D eigenvalue weighted by atomic mass is 32.2. The molecule has 29 heavy (non-hydrogen) atoms. The highest BCUT2D eigenvalue weighted by Crippen LogP contribution is 2.33. The first-order chi connectivity index (χ1) is 14.2. The fourth-order valence-electron chi connectivity index (χ4n) is 3.55. The Labute approximate surface area is 178 Å². The third-order valence-corrected chi connectivity index (χ3v) is 6.89. The van der Waals surface area contributed by atoms with Crippen LogP contribution in [0.3, 0.4) is 0 Å². The molecule has 0 saturated carbocycles. The number of nitrogens with zero attached hydrogens (tertiary/aromatic N) is 2. The third kappa shape index (κ3) is 4.26. The van der Waals surface area contributed by atoms with Crippen LogP contribution >= 0.6 is 23.1 Å². The lowest BCUT2D eigenvalue weighted by Gasteiger charge is -2.28. The van der Waals surface area contributed by atoms with Crippen molar-refractivity contribution in [1.29, 1.82) is 0 Å². The number of thioether (sulfide) groups is 1. The minimum atomic E-state index is -0.140. The van der Waals surface area contributed by atoms with Crippen LogP contribution in [0.2, 0.25) is 0 Å². The number of anilines is 1. The Hall–Kier alpha value is -2.51. The van der Waals surface area contributed by atoms with Crippen molar-refractivity contribution in [1.82, 2.24) is 9.88 Å². The van der Waals surface area contributed by atoms with Gasteiger partial charge in [0.2, 0.25) is 11.8 Å². The Balaban J connectivity index is 1.59. The van der Waals surface area contributed by atoms with Gasteiger partial charge < -0.3 is 14.8 Å². The van der Waals surface area contributed by atoms with Gasteiger partial charge in [-0.05, 0) is 42.1 Å². The maximum absolute atomic E-state index is 13.0. The molecule has 0 spiro atoms. The summed E-state index contributed by atoms with van der Waals surface area (Å²) in [6, 6.07) is 15.8. The molecule has 1 atom stereocenters. The molecular weight excluding hydrogens is 402 g/mol. The van der Waals surface area contributed by atoms with Gasteiger partial charge in [0.1, 0.15) is 6.54 Å². The Morgan fingerprint density at radius 1 is 1.14 bits per heavy atom. The van der Waals surface area contributed by atoms with E-state index < -0.39 is 0 Å². The fraction of sp³-hybridized carbons (Fsp3) is 0.273. The topological polar surface area (TPSA) is 54.3 Å². The molecule has 7 heteroatoms. The number of aromatic nitrogens is 1. The molecule has 0 bridgehead atoms. The molecule has 0 aliphatic carbocycles. The number of nitrogens with one attached hydrogen (secondary N) is 1. The second kappa shape index (κ2) is 8.88. The molecule has 1 aromatic carbocycles. The highest BCUT2D eigenvalue weighted by molar-refractivity contribution is 7.99. The van der Waals surface area contributed by atoms with Gasteiger partial charge >= 0.3 is 0 Å². The van der Waals surface area contributed by atoms with Gasteiger partial charge in [-0.2, -0.15) is 0 Å². The molecule has 2 aromatic heterocycles. The van der Waals surface area contributed by atoms with Gasteiger partial charge in [-0.3, -0.25) is 9.59 Å². The SMILES string of the molecule is CCC[C@@H](NC(=O)CN1C(=O)CSc2cccn2-c2ccccc21)c1cccs1. The number of carbonyl (C=O) groups excluding carboxylic acids is 2.